The summed E-state index contributed by atoms with van der Waals surface area (Å²) >= 11 is 0. The second-order valence-electron chi connectivity index (χ2n) is 3.81. The fraction of sp³-hybridized carbons (Fsp3) is 0.818. The SMILES string of the molecule is CCC(O)(CC)CC=CC(C)C. The van der Waals surface area contributed by atoms with Gasteiger partial charge >= 0.3 is 0 Å². The van der Waals surface area contributed by atoms with E-state index in [9.17, 15) is 5.11 Å². The molecule has 0 aliphatic heterocycles. The zero-order chi connectivity index (χ0) is 9.61. The Hall–Kier alpha value is -0.300. The molecule has 0 aromatic rings. The lowest BCUT2D eigenvalue weighted by atomic mass is 9.93. The summed E-state index contributed by atoms with van der Waals surface area (Å²) in [7, 11) is 0. The maximum absolute atomic E-state index is 9.89. The van der Waals surface area contributed by atoms with Crippen molar-refractivity contribution in [2.75, 3.05) is 0 Å². The van der Waals surface area contributed by atoms with E-state index in [0.717, 1.165) is 19.3 Å². The van der Waals surface area contributed by atoms with Crippen LogP contribution in [0.5, 0.6) is 0 Å². The van der Waals surface area contributed by atoms with Crippen molar-refractivity contribution < 1.29 is 5.11 Å². The molecule has 0 bridgehead atoms. The average molecular weight is 170 g/mol. The fourth-order valence-corrected chi connectivity index (χ4v) is 1.10. The molecule has 0 unspecified atom stereocenters. The second-order valence-corrected chi connectivity index (χ2v) is 3.81. The summed E-state index contributed by atoms with van der Waals surface area (Å²) in [5.41, 5.74) is -0.467. The molecule has 12 heavy (non-hydrogen) atoms. The first kappa shape index (κ1) is 11.7. The van der Waals surface area contributed by atoms with E-state index >= 15 is 0 Å². The van der Waals surface area contributed by atoms with E-state index in [0.29, 0.717) is 5.92 Å². The van der Waals surface area contributed by atoms with Crippen molar-refractivity contribution in [3.8, 4) is 0 Å². The largest absolute Gasteiger partial charge is 0.390 e. The first-order chi connectivity index (χ1) is 5.54. The van der Waals surface area contributed by atoms with Crippen LogP contribution in [0.1, 0.15) is 47.0 Å². The van der Waals surface area contributed by atoms with Crippen molar-refractivity contribution in [2.24, 2.45) is 5.92 Å². The van der Waals surface area contributed by atoms with E-state index in [1.807, 2.05) is 13.8 Å². The second kappa shape index (κ2) is 5.36. The summed E-state index contributed by atoms with van der Waals surface area (Å²) in [5, 5.41) is 9.89. The van der Waals surface area contributed by atoms with Crippen LogP contribution in [0.4, 0.5) is 0 Å². The van der Waals surface area contributed by atoms with Crippen LogP contribution in [-0.4, -0.2) is 10.7 Å². The molecule has 0 aromatic heterocycles. The van der Waals surface area contributed by atoms with Gasteiger partial charge in [0.25, 0.3) is 0 Å². The Kier molecular flexibility index (Phi) is 5.23. The van der Waals surface area contributed by atoms with E-state index in [4.69, 9.17) is 0 Å². The predicted molar refractivity (Wildman–Crippen MR) is 54.1 cm³/mol. The molecule has 0 heterocycles. The van der Waals surface area contributed by atoms with Gasteiger partial charge in [-0.15, -0.1) is 0 Å². The number of rotatable bonds is 5. The summed E-state index contributed by atoms with van der Waals surface area (Å²) < 4.78 is 0. The maximum Gasteiger partial charge on any atom is 0.0676 e. The highest BCUT2D eigenvalue weighted by molar-refractivity contribution is 4.91. The van der Waals surface area contributed by atoms with Gasteiger partial charge in [-0.2, -0.15) is 0 Å². The van der Waals surface area contributed by atoms with E-state index in [2.05, 4.69) is 26.0 Å². The molecular formula is C11H22O. The molecule has 0 fully saturated rings. The van der Waals surface area contributed by atoms with Gasteiger partial charge in [0.2, 0.25) is 0 Å². The Morgan fingerprint density at radius 1 is 1.25 bits per heavy atom. The molecular weight excluding hydrogens is 148 g/mol. The summed E-state index contributed by atoms with van der Waals surface area (Å²) in [4.78, 5) is 0. The Morgan fingerprint density at radius 2 is 1.75 bits per heavy atom. The number of allylic oxidation sites excluding steroid dienone is 1. The maximum atomic E-state index is 9.89. The van der Waals surface area contributed by atoms with Crippen LogP contribution >= 0.6 is 0 Å². The molecule has 0 amide bonds. The van der Waals surface area contributed by atoms with Gasteiger partial charge in [-0.3, -0.25) is 0 Å². The Balaban J connectivity index is 3.88. The lowest BCUT2D eigenvalue weighted by Crippen LogP contribution is -2.25. The van der Waals surface area contributed by atoms with E-state index in [1.54, 1.807) is 0 Å². The smallest absolute Gasteiger partial charge is 0.0676 e. The van der Waals surface area contributed by atoms with Crippen molar-refractivity contribution >= 4 is 0 Å². The van der Waals surface area contributed by atoms with Gasteiger partial charge in [0.1, 0.15) is 0 Å². The monoisotopic (exact) mass is 170 g/mol. The van der Waals surface area contributed by atoms with Gasteiger partial charge in [0, 0.05) is 0 Å². The first-order valence-corrected chi connectivity index (χ1v) is 4.93. The molecule has 0 spiro atoms. The third kappa shape index (κ3) is 4.55. The first-order valence-electron chi connectivity index (χ1n) is 4.93. The summed E-state index contributed by atoms with van der Waals surface area (Å²) in [6.45, 7) is 8.36. The molecule has 1 nitrogen and oxygen atoms in total. The zero-order valence-corrected chi connectivity index (χ0v) is 8.80. The fourth-order valence-electron chi connectivity index (χ4n) is 1.10. The Labute approximate surface area is 76.5 Å². The number of aliphatic hydroxyl groups is 1. The standard InChI is InChI=1S/C11H22O/c1-5-11(12,6-2)9-7-8-10(3)4/h7-8,10,12H,5-6,9H2,1-4H3. The van der Waals surface area contributed by atoms with Gasteiger partial charge in [0.05, 0.1) is 5.60 Å². The molecule has 0 aliphatic rings. The summed E-state index contributed by atoms with van der Waals surface area (Å²) in [6, 6.07) is 0. The Morgan fingerprint density at radius 3 is 2.08 bits per heavy atom. The van der Waals surface area contributed by atoms with Gasteiger partial charge in [-0.05, 0) is 25.2 Å². The third-order valence-electron chi connectivity index (χ3n) is 2.34. The highest BCUT2D eigenvalue weighted by Crippen LogP contribution is 2.19. The van der Waals surface area contributed by atoms with E-state index in [1.165, 1.54) is 0 Å². The van der Waals surface area contributed by atoms with Crippen LogP contribution in [0.2, 0.25) is 0 Å². The lowest BCUT2D eigenvalue weighted by Gasteiger charge is -2.23. The van der Waals surface area contributed by atoms with Crippen LogP contribution in [-0.2, 0) is 0 Å². The van der Waals surface area contributed by atoms with Crippen molar-refractivity contribution in [3.05, 3.63) is 12.2 Å². The lowest BCUT2D eigenvalue weighted by molar-refractivity contribution is 0.0352. The van der Waals surface area contributed by atoms with Gasteiger partial charge in [-0.1, -0.05) is 39.8 Å². The predicted octanol–water partition coefficient (Wildman–Crippen LogP) is 3.14. The summed E-state index contributed by atoms with van der Waals surface area (Å²) in [5.74, 6) is 0.586. The third-order valence-corrected chi connectivity index (χ3v) is 2.34. The minimum Gasteiger partial charge on any atom is -0.390 e. The normalized spacial score (nSPS) is 13.2. The Bertz CT molecular complexity index is 132. The highest BCUT2D eigenvalue weighted by Gasteiger charge is 2.19. The number of hydrogen-bond donors (Lipinski definition) is 1. The van der Waals surface area contributed by atoms with Crippen molar-refractivity contribution in [2.45, 2.75) is 52.6 Å². The molecule has 0 aromatic carbocycles. The van der Waals surface area contributed by atoms with Gasteiger partial charge in [-0.25, -0.2) is 0 Å². The molecule has 1 heteroatoms. The van der Waals surface area contributed by atoms with Crippen LogP contribution in [0, 0.1) is 5.92 Å². The zero-order valence-electron chi connectivity index (χ0n) is 8.80. The van der Waals surface area contributed by atoms with Crippen LogP contribution in [0.25, 0.3) is 0 Å². The molecule has 0 radical (unpaired) electrons. The molecule has 72 valence electrons. The topological polar surface area (TPSA) is 20.2 Å². The molecule has 0 saturated carbocycles. The van der Waals surface area contributed by atoms with E-state index in [-0.39, 0.29) is 0 Å². The minimum atomic E-state index is -0.467. The van der Waals surface area contributed by atoms with Crippen molar-refractivity contribution in [1.82, 2.24) is 0 Å². The molecule has 1 N–H and O–H groups in total. The van der Waals surface area contributed by atoms with Crippen LogP contribution < -0.4 is 0 Å². The summed E-state index contributed by atoms with van der Waals surface area (Å²) in [6.07, 6.45) is 6.71. The molecule has 0 aliphatic carbocycles. The van der Waals surface area contributed by atoms with Crippen LogP contribution in [0.15, 0.2) is 12.2 Å². The van der Waals surface area contributed by atoms with Gasteiger partial charge in [0.15, 0.2) is 0 Å². The van der Waals surface area contributed by atoms with Crippen molar-refractivity contribution in [3.63, 3.8) is 0 Å². The number of hydrogen-bond acceptors (Lipinski definition) is 1. The van der Waals surface area contributed by atoms with E-state index < -0.39 is 5.60 Å². The quantitative estimate of drug-likeness (QED) is 0.628. The molecule has 0 saturated heterocycles. The highest BCUT2D eigenvalue weighted by atomic mass is 16.3. The van der Waals surface area contributed by atoms with Crippen LogP contribution in [0.3, 0.4) is 0 Å². The molecule has 0 rings (SSSR count). The van der Waals surface area contributed by atoms with Gasteiger partial charge < -0.3 is 5.11 Å². The average Bonchev–Trinajstić information content (AvgIpc) is 2.03. The molecule has 0 atom stereocenters. The minimum absolute atomic E-state index is 0.467. The van der Waals surface area contributed by atoms with Crippen molar-refractivity contribution in [1.29, 1.82) is 0 Å².